The number of rotatable bonds is 6. The molecule has 3 rings (SSSR count). The van der Waals surface area contributed by atoms with E-state index >= 15 is 0 Å². The molecule has 0 aliphatic carbocycles. The smallest absolute Gasteiger partial charge is 0.459 e. The van der Waals surface area contributed by atoms with Crippen LogP contribution in [0.25, 0.3) is 0 Å². The Bertz CT molecular complexity index is 947. The highest BCUT2D eigenvalue weighted by atomic mass is 19.1. The third-order valence-electron chi connectivity index (χ3n) is 5.38. The number of likely N-dealkylation sites (N-methyl/N-ethyl adjacent to an activating group) is 1. The molecule has 8 heteroatoms. The van der Waals surface area contributed by atoms with Crippen LogP contribution >= 0.6 is 0 Å². The van der Waals surface area contributed by atoms with Crippen molar-refractivity contribution >= 4 is 24.5 Å². The Kier molecular flexibility index (Phi) is 6.58. The van der Waals surface area contributed by atoms with Gasteiger partial charge >= 0.3 is 13.1 Å². The quantitative estimate of drug-likeness (QED) is 0.581. The molecule has 2 aromatic rings. The number of ether oxygens (including phenoxy) is 1. The number of hydrogen-bond donors (Lipinski definition) is 1. The number of fused-ring (bicyclic) bond motifs is 1. The second kappa shape index (κ2) is 8.98. The van der Waals surface area contributed by atoms with Crippen molar-refractivity contribution < 1.29 is 28.4 Å². The Morgan fingerprint density at radius 3 is 2.53 bits per heavy atom. The summed E-state index contributed by atoms with van der Waals surface area (Å²) in [5.74, 6) is -1.43. The van der Waals surface area contributed by atoms with Crippen LogP contribution in [0.4, 0.5) is 4.39 Å². The lowest BCUT2D eigenvalue weighted by atomic mass is 9.75. The maximum Gasteiger partial charge on any atom is 0.492 e. The van der Waals surface area contributed by atoms with E-state index in [0.29, 0.717) is 28.8 Å². The zero-order valence-electron chi connectivity index (χ0n) is 17.5. The number of carbonyl (C=O) groups excluding carboxylic acids is 2. The van der Waals surface area contributed by atoms with Gasteiger partial charge in [-0.1, -0.05) is 32.0 Å². The van der Waals surface area contributed by atoms with Gasteiger partial charge in [0.15, 0.2) is 0 Å². The van der Waals surface area contributed by atoms with Gasteiger partial charge in [-0.25, -0.2) is 9.18 Å². The molecule has 0 bridgehead atoms. The van der Waals surface area contributed by atoms with Crippen LogP contribution in [0.1, 0.15) is 40.9 Å². The van der Waals surface area contributed by atoms with Crippen molar-refractivity contribution in [3.8, 4) is 0 Å². The minimum Gasteiger partial charge on any atom is -0.459 e. The van der Waals surface area contributed by atoms with Gasteiger partial charge in [0, 0.05) is 12.6 Å². The first-order valence-corrected chi connectivity index (χ1v) is 9.81. The van der Waals surface area contributed by atoms with Gasteiger partial charge in [-0.2, -0.15) is 0 Å². The van der Waals surface area contributed by atoms with E-state index in [0.717, 1.165) is 5.56 Å². The van der Waals surface area contributed by atoms with Crippen LogP contribution in [-0.4, -0.2) is 42.0 Å². The summed E-state index contributed by atoms with van der Waals surface area (Å²) in [6, 6.07) is 8.34. The molecule has 1 heterocycles. The van der Waals surface area contributed by atoms with Crippen molar-refractivity contribution in [3.63, 3.8) is 0 Å². The number of amides is 1. The van der Waals surface area contributed by atoms with Crippen molar-refractivity contribution in [1.82, 2.24) is 4.90 Å². The molecule has 6 nitrogen and oxygen atoms in total. The van der Waals surface area contributed by atoms with Gasteiger partial charge in [0.25, 0.3) is 5.91 Å². The first kappa shape index (κ1) is 22.0. The number of benzene rings is 2. The number of nitrogens with zero attached hydrogens (tertiary/aromatic N) is 1. The van der Waals surface area contributed by atoms with Crippen molar-refractivity contribution in [3.05, 3.63) is 64.5 Å². The van der Waals surface area contributed by atoms with Crippen molar-refractivity contribution in [2.45, 2.75) is 40.0 Å². The summed E-state index contributed by atoms with van der Waals surface area (Å²) >= 11 is 0. The molecular weight excluding hydrogens is 388 g/mol. The van der Waals surface area contributed by atoms with Crippen LogP contribution in [0.15, 0.2) is 36.4 Å². The molecule has 0 saturated heterocycles. The van der Waals surface area contributed by atoms with Gasteiger partial charge < -0.3 is 19.3 Å². The van der Waals surface area contributed by atoms with E-state index in [4.69, 9.17) is 9.39 Å². The van der Waals surface area contributed by atoms with Crippen LogP contribution in [0.2, 0.25) is 0 Å². The van der Waals surface area contributed by atoms with E-state index < -0.39 is 19.1 Å². The maximum absolute atomic E-state index is 13.2. The zero-order chi connectivity index (χ0) is 22.0. The average Bonchev–Trinajstić information content (AvgIpc) is 3.09. The van der Waals surface area contributed by atoms with Crippen LogP contribution in [-0.2, 0) is 27.4 Å². The molecular formula is C22H25BFNO5. The molecule has 0 unspecified atom stereocenters. The SMILES string of the molecule is Cc1c(C(=O)N(C)[C@H](C(=O)OCc2ccc(F)cc2)C(C)C)ccc2c1B(O)OC2. The lowest BCUT2D eigenvalue weighted by Crippen LogP contribution is -2.47. The molecule has 30 heavy (non-hydrogen) atoms. The summed E-state index contributed by atoms with van der Waals surface area (Å²) in [5, 5.41) is 10.0. The van der Waals surface area contributed by atoms with E-state index in [2.05, 4.69) is 0 Å². The highest BCUT2D eigenvalue weighted by Gasteiger charge is 2.35. The molecule has 0 saturated carbocycles. The highest BCUT2D eigenvalue weighted by molar-refractivity contribution is 6.62. The summed E-state index contributed by atoms with van der Waals surface area (Å²) in [7, 11) is 0.505. The lowest BCUT2D eigenvalue weighted by molar-refractivity contribution is -0.151. The third kappa shape index (κ3) is 4.39. The lowest BCUT2D eigenvalue weighted by Gasteiger charge is -2.30. The average molecular weight is 413 g/mol. The van der Waals surface area contributed by atoms with Crippen molar-refractivity contribution in [1.29, 1.82) is 0 Å². The fraction of sp³-hybridized carbons (Fsp3) is 0.364. The molecule has 0 fully saturated rings. The van der Waals surface area contributed by atoms with E-state index in [9.17, 15) is 19.0 Å². The van der Waals surface area contributed by atoms with Crippen molar-refractivity contribution in [2.75, 3.05) is 7.05 Å². The van der Waals surface area contributed by atoms with E-state index in [-0.39, 0.29) is 24.2 Å². The first-order chi connectivity index (χ1) is 14.2. The van der Waals surface area contributed by atoms with Crippen LogP contribution in [0.5, 0.6) is 0 Å². The molecule has 0 radical (unpaired) electrons. The Hall–Kier alpha value is -2.71. The molecule has 1 aliphatic rings. The number of halogens is 1. The topological polar surface area (TPSA) is 76.1 Å². The van der Waals surface area contributed by atoms with E-state index in [1.54, 1.807) is 38.2 Å². The van der Waals surface area contributed by atoms with Gasteiger partial charge in [0.2, 0.25) is 0 Å². The molecule has 1 atom stereocenters. The molecule has 158 valence electrons. The number of carbonyl (C=O) groups is 2. The molecule has 2 aromatic carbocycles. The number of hydrogen-bond acceptors (Lipinski definition) is 5. The predicted octanol–water partition coefficient (Wildman–Crippen LogP) is 2.19. The van der Waals surface area contributed by atoms with Gasteiger partial charge in [-0.05, 0) is 53.2 Å². The standard InChI is InChI=1S/C22H25BFNO5/c1-13(2)20(22(27)29-11-15-5-8-17(24)9-6-15)25(4)21(26)18-10-7-16-12-30-23(28)19(16)14(18)3/h5-10,13,20,28H,11-12H2,1-4H3/t20-/m0/s1. The highest BCUT2D eigenvalue weighted by Crippen LogP contribution is 2.20. The summed E-state index contributed by atoms with van der Waals surface area (Å²) in [6.45, 7) is 5.72. The predicted molar refractivity (Wildman–Crippen MR) is 110 cm³/mol. The molecule has 0 spiro atoms. The third-order valence-corrected chi connectivity index (χ3v) is 5.38. The van der Waals surface area contributed by atoms with E-state index in [1.165, 1.54) is 17.0 Å². The Balaban J connectivity index is 1.77. The maximum atomic E-state index is 13.2. The molecule has 1 N–H and O–H groups in total. The van der Waals surface area contributed by atoms with Crippen LogP contribution in [0.3, 0.4) is 0 Å². The monoisotopic (exact) mass is 413 g/mol. The zero-order valence-corrected chi connectivity index (χ0v) is 17.5. The second-order valence-electron chi connectivity index (χ2n) is 7.81. The van der Waals surface area contributed by atoms with Gasteiger partial charge in [0.05, 0.1) is 6.61 Å². The summed E-state index contributed by atoms with van der Waals surface area (Å²) in [6.07, 6.45) is 0. The normalized spacial score (nSPS) is 13.9. The summed E-state index contributed by atoms with van der Waals surface area (Å²) < 4.78 is 23.7. The fourth-order valence-corrected chi connectivity index (χ4v) is 3.75. The van der Waals surface area contributed by atoms with Gasteiger partial charge in [-0.3, -0.25) is 4.79 Å². The summed E-state index contributed by atoms with van der Waals surface area (Å²) in [5.41, 5.74) is 3.14. The Morgan fingerprint density at radius 2 is 1.90 bits per heavy atom. The van der Waals surface area contributed by atoms with E-state index in [1.807, 2.05) is 13.8 Å². The molecule has 1 aliphatic heterocycles. The van der Waals surface area contributed by atoms with Crippen LogP contribution < -0.4 is 5.46 Å². The summed E-state index contributed by atoms with van der Waals surface area (Å²) in [4.78, 5) is 27.3. The van der Waals surface area contributed by atoms with Gasteiger partial charge in [-0.15, -0.1) is 0 Å². The van der Waals surface area contributed by atoms with Crippen molar-refractivity contribution in [2.24, 2.45) is 5.92 Å². The van der Waals surface area contributed by atoms with Crippen LogP contribution in [0, 0.1) is 18.7 Å². The minimum absolute atomic E-state index is 0.00817. The fourth-order valence-electron chi connectivity index (χ4n) is 3.75. The minimum atomic E-state index is -1.06. The molecule has 0 aromatic heterocycles. The number of esters is 1. The first-order valence-electron chi connectivity index (χ1n) is 9.81. The largest absolute Gasteiger partial charge is 0.492 e. The Morgan fingerprint density at radius 1 is 1.23 bits per heavy atom. The van der Waals surface area contributed by atoms with Gasteiger partial charge in [0.1, 0.15) is 18.5 Å². The Labute approximate surface area is 175 Å². The second-order valence-corrected chi connectivity index (χ2v) is 7.81. The molecule has 1 amide bonds.